The molecule has 7 heteroatoms. The molecule has 1 fully saturated rings. The molecular formula is C22H24FN3O2S. The Morgan fingerprint density at radius 1 is 1.28 bits per heavy atom. The minimum atomic E-state index is -0.271. The molecule has 1 aliphatic rings. The maximum absolute atomic E-state index is 13.1. The molecule has 152 valence electrons. The Morgan fingerprint density at radius 3 is 2.76 bits per heavy atom. The van der Waals surface area contributed by atoms with Crippen molar-refractivity contribution in [3.8, 4) is 11.5 Å². The van der Waals surface area contributed by atoms with Crippen LogP contribution in [0.3, 0.4) is 0 Å². The van der Waals surface area contributed by atoms with E-state index in [9.17, 15) is 9.50 Å². The Labute approximate surface area is 173 Å². The smallest absolute Gasteiger partial charge is 0.126 e. The molecule has 2 unspecified atom stereocenters. The SMILES string of the molecule is CCc1cc(C2NNCC2c2csc(C)n2)c(O)cc1OCc1ccc(F)cc1. The molecule has 2 atom stereocenters. The van der Waals surface area contributed by atoms with Gasteiger partial charge >= 0.3 is 0 Å². The first-order valence-electron chi connectivity index (χ1n) is 9.68. The zero-order valence-corrected chi connectivity index (χ0v) is 17.2. The molecule has 5 nitrogen and oxygen atoms in total. The van der Waals surface area contributed by atoms with Crippen molar-refractivity contribution in [2.45, 2.75) is 38.8 Å². The molecule has 2 aromatic carbocycles. The van der Waals surface area contributed by atoms with Gasteiger partial charge in [-0.15, -0.1) is 11.3 Å². The van der Waals surface area contributed by atoms with Crippen LogP contribution in [-0.4, -0.2) is 16.6 Å². The largest absolute Gasteiger partial charge is 0.507 e. The summed E-state index contributed by atoms with van der Waals surface area (Å²) in [5.74, 6) is 0.702. The number of benzene rings is 2. The molecule has 0 saturated carbocycles. The van der Waals surface area contributed by atoms with Crippen LogP contribution < -0.4 is 15.6 Å². The van der Waals surface area contributed by atoms with E-state index in [4.69, 9.17) is 4.74 Å². The second-order valence-electron chi connectivity index (χ2n) is 7.19. The maximum atomic E-state index is 13.1. The number of hydrogen-bond acceptors (Lipinski definition) is 6. The lowest BCUT2D eigenvalue weighted by molar-refractivity contribution is 0.300. The summed E-state index contributed by atoms with van der Waals surface area (Å²) in [5, 5.41) is 13.9. The highest BCUT2D eigenvalue weighted by Crippen LogP contribution is 2.40. The number of phenols is 1. The number of ether oxygens (including phenoxy) is 1. The Kier molecular flexibility index (Phi) is 5.80. The Bertz CT molecular complexity index is 990. The van der Waals surface area contributed by atoms with Gasteiger partial charge in [0.15, 0.2) is 0 Å². The van der Waals surface area contributed by atoms with Crippen molar-refractivity contribution in [3.63, 3.8) is 0 Å². The van der Waals surface area contributed by atoms with Gasteiger partial charge in [0, 0.05) is 29.5 Å². The van der Waals surface area contributed by atoms with Gasteiger partial charge in [0.2, 0.25) is 0 Å². The van der Waals surface area contributed by atoms with Crippen LogP contribution in [0.2, 0.25) is 0 Å². The number of phenolic OH excluding ortho intramolecular Hbond substituents is 1. The van der Waals surface area contributed by atoms with Crippen molar-refractivity contribution in [2.75, 3.05) is 6.54 Å². The molecular weight excluding hydrogens is 389 g/mol. The van der Waals surface area contributed by atoms with Crippen molar-refractivity contribution in [1.82, 2.24) is 15.8 Å². The van der Waals surface area contributed by atoms with Crippen LogP contribution in [0.4, 0.5) is 4.39 Å². The number of aryl methyl sites for hydroxylation is 2. The third-order valence-corrected chi connectivity index (χ3v) is 6.02. The minimum absolute atomic E-state index is 0.0760. The van der Waals surface area contributed by atoms with Crippen molar-refractivity contribution < 1.29 is 14.2 Å². The second-order valence-corrected chi connectivity index (χ2v) is 8.25. The molecule has 1 saturated heterocycles. The fourth-order valence-corrected chi connectivity index (χ4v) is 4.33. The average Bonchev–Trinajstić information content (AvgIpc) is 3.36. The summed E-state index contributed by atoms with van der Waals surface area (Å²) in [6, 6.07) is 9.84. The Balaban J connectivity index is 1.58. The molecule has 0 radical (unpaired) electrons. The van der Waals surface area contributed by atoms with Crippen LogP contribution in [0, 0.1) is 12.7 Å². The normalized spacial score (nSPS) is 18.9. The van der Waals surface area contributed by atoms with E-state index < -0.39 is 0 Å². The molecule has 3 N–H and O–H groups in total. The van der Waals surface area contributed by atoms with E-state index in [1.54, 1.807) is 29.5 Å². The van der Waals surface area contributed by atoms with Crippen LogP contribution in [0.15, 0.2) is 41.8 Å². The molecule has 0 aliphatic carbocycles. The Morgan fingerprint density at radius 2 is 2.07 bits per heavy atom. The lowest BCUT2D eigenvalue weighted by Crippen LogP contribution is -2.25. The van der Waals surface area contributed by atoms with Crippen LogP contribution in [0.25, 0.3) is 0 Å². The summed E-state index contributed by atoms with van der Waals surface area (Å²) in [6.45, 7) is 5.12. The van der Waals surface area contributed by atoms with Crippen LogP contribution in [0.5, 0.6) is 11.5 Å². The molecule has 1 aliphatic heterocycles. The number of thiazole rings is 1. The topological polar surface area (TPSA) is 66.4 Å². The number of hydrogen-bond donors (Lipinski definition) is 3. The van der Waals surface area contributed by atoms with Gasteiger partial charge in [-0.3, -0.25) is 5.43 Å². The molecule has 0 amide bonds. The van der Waals surface area contributed by atoms with E-state index in [1.165, 1.54) is 12.1 Å². The molecule has 1 aromatic heterocycles. The Hall–Kier alpha value is -2.48. The number of rotatable bonds is 6. The quantitative estimate of drug-likeness (QED) is 0.560. The van der Waals surface area contributed by atoms with Gasteiger partial charge in [-0.25, -0.2) is 14.8 Å². The molecule has 4 rings (SSSR count). The fraction of sp³-hybridized carbons (Fsp3) is 0.318. The molecule has 29 heavy (non-hydrogen) atoms. The summed E-state index contributed by atoms with van der Waals surface area (Å²) in [5.41, 5.74) is 10.2. The molecule has 3 aromatic rings. The van der Waals surface area contributed by atoms with Gasteiger partial charge in [-0.2, -0.15) is 0 Å². The summed E-state index contributed by atoms with van der Waals surface area (Å²) in [7, 11) is 0. The highest BCUT2D eigenvalue weighted by Gasteiger charge is 2.33. The number of nitrogens with zero attached hydrogens (tertiary/aromatic N) is 1. The van der Waals surface area contributed by atoms with E-state index in [2.05, 4.69) is 28.1 Å². The molecule has 0 spiro atoms. The predicted octanol–water partition coefficient (Wildman–Crippen LogP) is 4.37. The zero-order chi connectivity index (χ0) is 20.4. The van der Waals surface area contributed by atoms with Crippen LogP contribution in [-0.2, 0) is 13.0 Å². The maximum Gasteiger partial charge on any atom is 0.126 e. The van der Waals surface area contributed by atoms with Gasteiger partial charge in [0.05, 0.1) is 16.7 Å². The number of aromatic hydroxyl groups is 1. The first kappa shape index (κ1) is 19.8. The first-order chi connectivity index (χ1) is 14.0. The highest BCUT2D eigenvalue weighted by atomic mass is 32.1. The summed E-state index contributed by atoms with van der Waals surface area (Å²) < 4.78 is 19.0. The van der Waals surface area contributed by atoms with Gasteiger partial charge in [-0.05, 0) is 42.7 Å². The summed E-state index contributed by atoms with van der Waals surface area (Å²) in [4.78, 5) is 4.63. The van der Waals surface area contributed by atoms with Crippen LogP contribution >= 0.6 is 11.3 Å². The van der Waals surface area contributed by atoms with E-state index in [-0.39, 0.29) is 23.5 Å². The zero-order valence-electron chi connectivity index (χ0n) is 16.4. The van der Waals surface area contributed by atoms with Crippen molar-refractivity contribution in [3.05, 3.63) is 75.0 Å². The minimum Gasteiger partial charge on any atom is -0.507 e. The number of halogens is 1. The molecule has 0 bridgehead atoms. The lowest BCUT2D eigenvalue weighted by atomic mass is 9.90. The summed E-state index contributed by atoms with van der Waals surface area (Å²) >= 11 is 1.64. The van der Waals surface area contributed by atoms with Gasteiger partial charge in [0.25, 0.3) is 0 Å². The van der Waals surface area contributed by atoms with Crippen LogP contribution in [0.1, 0.15) is 46.3 Å². The number of hydrazine groups is 1. The second kappa shape index (κ2) is 8.49. The van der Waals surface area contributed by atoms with Crippen molar-refractivity contribution in [2.24, 2.45) is 0 Å². The van der Waals surface area contributed by atoms with E-state index >= 15 is 0 Å². The number of nitrogens with one attached hydrogen (secondary N) is 2. The van der Waals surface area contributed by atoms with Gasteiger partial charge in [0.1, 0.15) is 23.9 Å². The third kappa shape index (κ3) is 4.27. The number of aromatic nitrogens is 1. The van der Waals surface area contributed by atoms with Crippen molar-refractivity contribution >= 4 is 11.3 Å². The van der Waals surface area contributed by atoms with E-state index in [0.717, 1.165) is 40.4 Å². The van der Waals surface area contributed by atoms with Gasteiger partial charge in [-0.1, -0.05) is 19.1 Å². The van der Waals surface area contributed by atoms with E-state index in [1.807, 2.05) is 13.0 Å². The standard InChI is InChI=1S/C22H24FN3O2S/c1-3-15-8-17(22-18(10-24-26-22)19-12-29-13(2)25-19)20(27)9-21(15)28-11-14-4-6-16(23)7-5-14/h4-9,12,18,22,24,26-27H,3,10-11H2,1-2H3. The first-order valence-corrected chi connectivity index (χ1v) is 10.6. The molecule has 2 heterocycles. The lowest BCUT2D eigenvalue weighted by Gasteiger charge is -2.21. The predicted molar refractivity (Wildman–Crippen MR) is 112 cm³/mol. The van der Waals surface area contributed by atoms with Crippen molar-refractivity contribution in [1.29, 1.82) is 0 Å². The third-order valence-electron chi connectivity index (χ3n) is 5.23. The monoisotopic (exact) mass is 413 g/mol. The van der Waals surface area contributed by atoms with E-state index in [0.29, 0.717) is 12.4 Å². The summed E-state index contributed by atoms with van der Waals surface area (Å²) in [6.07, 6.45) is 0.770. The van der Waals surface area contributed by atoms with Gasteiger partial charge < -0.3 is 9.84 Å². The average molecular weight is 414 g/mol. The fourth-order valence-electron chi connectivity index (χ4n) is 3.65. The highest BCUT2D eigenvalue weighted by molar-refractivity contribution is 7.09.